The van der Waals surface area contributed by atoms with Gasteiger partial charge in [-0.15, -0.1) is 0 Å². The molecule has 1 fully saturated rings. The van der Waals surface area contributed by atoms with Gasteiger partial charge in [0.05, 0.1) is 18.8 Å². The fourth-order valence-corrected chi connectivity index (χ4v) is 3.09. The van der Waals surface area contributed by atoms with Crippen molar-refractivity contribution in [3.8, 4) is 0 Å². The second kappa shape index (κ2) is 8.40. The van der Waals surface area contributed by atoms with E-state index in [4.69, 9.17) is 0 Å². The highest BCUT2D eigenvalue weighted by molar-refractivity contribution is 5.83. The number of carbonyl (C=O) groups is 1. The van der Waals surface area contributed by atoms with Crippen LogP contribution in [0.3, 0.4) is 0 Å². The van der Waals surface area contributed by atoms with Crippen LogP contribution < -0.4 is 5.32 Å². The maximum absolute atomic E-state index is 12.3. The van der Waals surface area contributed by atoms with Gasteiger partial charge in [0, 0.05) is 13.1 Å². The minimum atomic E-state index is -1.19. The predicted molar refractivity (Wildman–Crippen MR) is 86.8 cm³/mol. The Balaban J connectivity index is 2.11. The molecule has 4 atom stereocenters. The molecule has 1 aliphatic heterocycles. The summed E-state index contributed by atoms with van der Waals surface area (Å²) in [6.07, 6.45) is -0.855. The van der Waals surface area contributed by atoms with Crippen LogP contribution in [0.4, 0.5) is 0 Å². The van der Waals surface area contributed by atoms with Gasteiger partial charge < -0.3 is 20.6 Å². The van der Waals surface area contributed by atoms with Crippen LogP contribution in [0.1, 0.15) is 18.9 Å². The molecule has 0 saturated carbocycles. The summed E-state index contributed by atoms with van der Waals surface area (Å²) in [5.41, 5.74) is 1.10. The summed E-state index contributed by atoms with van der Waals surface area (Å²) in [7, 11) is 0. The molecule has 6 nitrogen and oxygen atoms in total. The third-order valence-corrected chi connectivity index (χ3v) is 4.36. The maximum atomic E-state index is 12.3. The van der Waals surface area contributed by atoms with E-state index < -0.39 is 24.3 Å². The molecule has 1 saturated heterocycles. The van der Waals surface area contributed by atoms with Gasteiger partial charge in [0.1, 0.15) is 12.1 Å². The molecule has 4 N–H and O–H groups in total. The van der Waals surface area contributed by atoms with E-state index in [1.54, 1.807) is 4.90 Å². The molecule has 1 aliphatic rings. The first kappa shape index (κ1) is 17.9. The fraction of sp³-hybridized carbons (Fsp3) is 0.588. The summed E-state index contributed by atoms with van der Waals surface area (Å²) in [5.74, 6) is -0.303. The number of carbonyl (C=O) groups excluding carboxylic acids is 1. The van der Waals surface area contributed by atoms with Crippen molar-refractivity contribution >= 4 is 5.91 Å². The number of hydrogen-bond donors (Lipinski definition) is 4. The van der Waals surface area contributed by atoms with E-state index in [1.807, 2.05) is 37.3 Å². The van der Waals surface area contributed by atoms with E-state index in [0.717, 1.165) is 12.0 Å². The Labute approximate surface area is 136 Å². The summed E-state index contributed by atoms with van der Waals surface area (Å²) in [6.45, 7) is 2.65. The van der Waals surface area contributed by atoms with Crippen LogP contribution in [0.2, 0.25) is 0 Å². The third kappa shape index (κ3) is 4.09. The normalized spacial score (nSPS) is 28.0. The standard InChI is InChI=1S/C17H26N2O4/c1-2-9-18-17(23)14-16(22)15(21)13(11-20)19(14)10-8-12-6-4-3-5-7-12/h3-7,13-16,20-22H,2,8-11H2,1H3,(H,18,23)/t13-,14+,15-,16-/m1/s1. The van der Waals surface area contributed by atoms with E-state index in [2.05, 4.69) is 5.32 Å². The zero-order valence-electron chi connectivity index (χ0n) is 13.4. The molecule has 0 aliphatic carbocycles. The average Bonchev–Trinajstić information content (AvgIpc) is 2.82. The number of nitrogens with one attached hydrogen (secondary N) is 1. The Hall–Kier alpha value is -1.47. The highest BCUT2D eigenvalue weighted by Crippen LogP contribution is 2.26. The molecule has 0 aromatic heterocycles. The van der Waals surface area contributed by atoms with E-state index in [9.17, 15) is 20.1 Å². The Morgan fingerprint density at radius 1 is 1.22 bits per heavy atom. The Bertz CT molecular complexity index is 497. The number of aliphatic hydroxyl groups is 3. The minimum Gasteiger partial charge on any atom is -0.395 e. The lowest BCUT2D eigenvalue weighted by Gasteiger charge is -2.28. The first-order chi connectivity index (χ1) is 11.1. The zero-order chi connectivity index (χ0) is 16.8. The maximum Gasteiger partial charge on any atom is 0.240 e. The molecule has 23 heavy (non-hydrogen) atoms. The second-order valence-electron chi connectivity index (χ2n) is 5.94. The summed E-state index contributed by atoms with van der Waals surface area (Å²) in [5, 5.41) is 32.7. The van der Waals surface area contributed by atoms with Gasteiger partial charge in [-0.05, 0) is 18.4 Å². The smallest absolute Gasteiger partial charge is 0.240 e. The summed E-state index contributed by atoms with van der Waals surface area (Å²) < 4.78 is 0. The van der Waals surface area contributed by atoms with Crippen molar-refractivity contribution in [2.24, 2.45) is 0 Å². The highest BCUT2D eigenvalue weighted by Gasteiger charge is 2.50. The summed E-state index contributed by atoms with van der Waals surface area (Å²) >= 11 is 0. The monoisotopic (exact) mass is 322 g/mol. The lowest BCUT2D eigenvalue weighted by molar-refractivity contribution is -0.128. The Morgan fingerprint density at radius 2 is 1.91 bits per heavy atom. The number of hydrogen-bond acceptors (Lipinski definition) is 5. The van der Waals surface area contributed by atoms with Crippen LogP contribution in [0, 0.1) is 0 Å². The molecule has 0 bridgehead atoms. The SMILES string of the molecule is CCCNC(=O)[C@@H]1[C@@H](O)[C@H](O)[C@@H](CO)N1CCc1ccccc1. The lowest BCUT2D eigenvalue weighted by Crippen LogP contribution is -2.50. The molecule has 1 heterocycles. The van der Waals surface area contributed by atoms with Crippen molar-refractivity contribution in [3.05, 3.63) is 35.9 Å². The van der Waals surface area contributed by atoms with Crippen LogP contribution in [0.25, 0.3) is 0 Å². The van der Waals surface area contributed by atoms with Crippen LogP contribution in [0.15, 0.2) is 30.3 Å². The molecule has 2 rings (SSSR count). The van der Waals surface area contributed by atoms with Gasteiger partial charge in [0.2, 0.25) is 5.91 Å². The molecule has 0 unspecified atom stereocenters. The second-order valence-corrected chi connectivity index (χ2v) is 5.94. The van der Waals surface area contributed by atoms with E-state index in [-0.39, 0.29) is 12.5 Å². The number of rotatable bonds is 7. The predicted octanol–water partition coefficient (Wildman–Crippen LogP) is -0.478. The first-order valence-electron chi connectivity index (χ1n) is 8.14. The summed E-state index contributed by atoms with van der Waals surface area (Å²) in [4.78, 5) is 14.1. The molecule has 1 aromatic carbocycles. The van der Waals surface area contributed by atoms with Gasteiger partial charge in [0.25, 0.3) is 0 Å². The van der Waals surface area contributed by atoms with E-state index in [1.165, 1.54) is 0 Å². The number of likely N-dealkylation sites (tertiary alicyclic amines) is 1. The Kier molecular flexibility index (Phi) is 6.53. The number of aliphatic hydroxyl groups excluding tert-OH is 3. The molecular weight excluding hydrogens is 296 g/mol. The van der Waals surface area contributed by atoms with Gasteiger partial charge in [-0.25, -0.2) is 0 Å². The van der Waals surface area contributed by atoms with Gasteiger partial charge in [-0.3, -0.25) is 9.69 Å². The largest absolute Gasteiger partial charge is 0.395 e. The van der Waals surface area contributed by atoms with Crippen molar-refractivity contribution in [3.63, 3.8) is 0 Å². The number of benzene rings is 1. The molecular formula is C17H26N2O4. The molecule has 0 spiro atoms. The van der Waals surface area contributed by atoms with Crippen molar-refractivity contribution in [2.75, 3.05) is 19.7 Å². The quantitative estimate of drug-likeness (QED) is 0.544. The molecule has 1 aromatic rings. The summed E-state index contributed by atoms with van der Waals surface area (Å²) in [6, 6.07) is 8.33. The van der Waals surface area contributed by atoms with Gasteiger partial charge in [-0.2, -0.15) is 0 Å². The molecule has 128 valence electrons. The lowest BCUT2D eigenvalue weighted by atomic mass is 10.1. The topological polar surface area (TPSA) is 93.0 Å². The minimum absolute atomic E-state index is 0.301. The molecule has 0 radical (unpaired) electrons. The highest BCUT2D eigenvalue weighted by atomic mass is 16.3. The van der Waals surface area contributed by atoms with Crippen LogP contribution in [0.5, 0.6) is 0 Å². The molecule has 1 amide bonds. The Morgan fingerprint density at radius 3 is 2.52 bits per heavy atom. The van der Waals surface area contributed by atoms with Crippen molar-refractivity contribution < 1.29 is 20.1 Å². The van der Waals surface area contributed by atoms with Gasteiger partial charge in [0.15, 0.2) is 0 Å². The van der Waals surface area contributed by atoms with Crippen LogP contribution >= 0.6 is 0 Å². The molecule has 6 heteroatoms. The van der Waals surface area contributed by atoms with Crippen molar-refractivity contribution in [2.45, 2.75) is 44.1 Å². The average molecular weight is 322 g/mol. The van der Waals surface area contributed by atoms with E-state index >= 15 is 0 Å². The van der Waals surface area contributed by atoms with Crippen LogP contribution in [-0.2, 0) is 11.2 Å². The van der Waals surface area contributed by atoms with E-state index in [0.29, 0.717) is 19.5 Å². The zero-order valence-corrected chi connectivity index (χ0v) is 13.4. The fourth-order valence-electron chi connectivity index (χ4n) is 3.09. The van der Waals surface area contributed by atoms with Crippen molar-refractivity contribution in [1.29, 1.82) is 0 Å². The van der Waals surface area contributed by atoms with Crippen molar-refractivity contribution in [1.82, 2.24) is 10.2 Å². The number of amides is 1. The van der Waals surface area contributed by atoms with Gasteiger partial charge >= 0.3 is 0 Å². The number of nitrogens with zero attached hydrogens (tertiary/aromatic N) is 1. The third-order valence-electron chi connectivity index (χ3n) is 4.36. The van der Waals surface area contributed by atoms with Crippen LogP contribution in [-0.4, -0.2) is 70.1 Å². The van der Waals surface area contributed by atoms with Gasteiger partial charge in [-0.1, -0.05) is 37.3 Å². The first-order valence-corrected chi connectivity index (χ1v) is 8.14.